The zero-order valence-corrected chi connectivity index (χ0v) is 40.8. The highest BCUT2D eigenvalue weighted by atomic mass is 32.1. The van der Waals surface area contributed by atoms with Gasteiger partial charge in [-0.15, -0.1) is 11.3 Å². The molecule has 0 saturated carbocycles. The standard InChI is InChI=1S/C69H45NO2S/c1-3-4-32-61-43(2)68(54-27-10-5-21-49(54)50-22-6-11-28-55(50)68)59-41-46(36-38-63(59)71-61)70(45-20-17-19-44(40-45)48-26-18-35-66-67(48)53-25-9-16-34-65(53)73-66)47-37-39-64-60(42-47)69(58-31-14-15-33-62(58)72-64)56-29-12-7-23-51(56)52-24-8-13-30-57(52)69/h3-42H,1H2,2H3/b32-4-. The highest BCUT2D eigenvalue weighted by molar-refractivity contribution is 7.25. The minimum absolute atomic E-state index is 0.640. The summed E-state index contributed by atoms with van der Waals surface area (Å²) in [6.45, 7) is 6.26. The molecular weight excluding hydrogens is 907 g/mol. The Labute approximate surface area is 428 Å². The van der Waals surface area contributed by atoms with Gasteiger partial charge in [-0.25, -0.2) is 0 Å². The van der Waals surface area contributed by atoms with E-state index in [2.05, 4.69) is 249 Å². The maximum Gasteiger partial charge on any atom is 0.132 e. The summed E-state index contributed by atoms with van der Waals surface area (Å²) in [5, 5.41) is 2.56. The zero-order valence-electron chi connectivity index (χ0n) is 40.0. The second kappa shape index (κ2) is 15.8. The molecule has 0 radical (unpaired) electrons. The Morgan fingerprint density at radius 2 is 0.918 bits per heavy atom. The van der Waals surface area contributed by atoms with E-state index in [9.17, 15) is 0 Å². The molecule has 4 heteroatoms. The number of thiophene rings is 1. The molecule has 4 aliphatic rings. The van der Waals surface area contributed by atoms with E-state index >= 15 is 0 Å². The van der Waals surface area contributed by atoms with Crippen LogP contribution in [-0.2, 0) is 10.8 Å². The molecule has 3 heterocycles. The molecule has 344 valence electrons. The molecule has 0 atom stereocenters. The van der Waals surface area contributed by atoms with Crippen molar-refractivity contribution >= 4 is 48.6 Å². The molecule has 0 saturated heterocycles. The van der Waals surface area contributed by atoms with Crippen LogP contribution in [0.4, 0.5) is 17.1 Å². The van der Waals surface area contributed by atoms with Crippen LogP contribution in [0.15, 0.2) is 261 Å². The van der Waals surface area contributed by atoms with Crippen molar-refractivity contribution in [2.24, 2.45) is 0 Å². The third-order valence-corrected chi connectivity index (χ3v) is 17.2. The fourth-order valence-corrected chi connectivity index (χ4v) is 14.3. The molecule has 10 aromatic carbocycles. The maximum absolute atomic E-state index is 7.00. The predicted molar refractivity (Wildman–Crippen MR) is 301 cm³/mol. The van der Waals surface area contributed by atoms with Crippen molar-refractivity contribution in [3.63, 3.8) is 0 Å². The number of para-hydroxylation sites is 1. The third kappa shape index (κ3) is 5.70. The van der Waals surface area contributed by atoms with Gasteiger partial charge in [-0.1, -0.05) is 176 Å². The van der Waals surface area contributed by atoms with E-state index in [-0.39, 0.29) is 0 Å². The normalized spacial score (nSPS) is 14.8. The topological polar surface area (TPSA) is 21.7 Å². The van der Waals surface area contributed by atoms with Crippen LogP contribution in [0.2, 0.25) is 0 Å². The number of allylic oxidation sites excluding steroid dienone is 4. The fourth-order valence-electron chi connectivity index (χ4n) is 13.1. The minimum Gasteiger partial charge on any atom is -0.457 e. The summed E-state index contributed by atoms with van der Waals surface area (Å²) in [5.74, 6) is 3.36. The van der Waals surface area contributed by atoms with Gasteiger partial charge in [0.15, 0.2) is 0 Å². The lowest BCUT2D eigenvalue weighted by Gasteiger charge is -2.41. The van der Waals surface area contributed by atoms with Crippen molar-refractivity contribution in [3.05, 3.63) is 300 Å². The zero-order chi connectivity index (χ0) is 48.4. The number of ether oxygens (including phenoxy) is 2. The Hall–Kier alpha value is -8.96. The number of benzene rings is 10. The lowest BCUT2D eigenvalue weighted by molar-refractivity contribution is 0.399. The molecule has 2 spiro atoms. The highest BCUT2D eigenvalue weighted by Crippen LogP contribution is 2.64. The summed E-state index contributed by atoms with van der Waals surface area (Å²) < 4.78 is 16.6. The van der Waals surface area contributed by atoms with Crippen LogP contribution in [-0.4, -0.2) is 0 Å². The first-order valence-corrected chi connectivity index (χ1v) is 25.8. The summed E-state index contributed by atoms with van der Waals surface area (Å²) in [6, 6.07) is 82.6. The molecule has 11 aromatic rings. The minimum atomic E-state index is -0.643. The lowest BCUT2D eigenvalue weighted by atomic mass is 9.66. The smallest absolute Gasteiger partial charge is 0.132 e. The second-order valence-corrected chi connectivity index (χ2v) is 20.6. The largest absolute Gasteiger partial charge is 0.457 e. The summed E-state index contributed by atoms with van der Waals surface area (Å²) >= 11 is 1.85. The molecule has 1 aromatic heterocycles. The van der Waals surface area contributed by atoms with Crippen molar-refractivity contribution in [1.29, 1.82) is 0 Å². The first kappa shape index (κ1) is 41.8. The van der Waals surface area contributed by atoms with E-state index in [0.29, 0.717) is 0 Å². The lowest BCUT2D eigenvalue weighted by Crippen LogP contribution is -2.34. The molecule has 2 aliphatic carbocycles. The van der Waals surface area contributed by atoms with E-state index in [1.54, 1.807) is 0 Å². The number of fused-ring (bicyclic) bond motifs is 19. The van der Waals surface area contributed by atoms with Gasteiger partial charge in [0.1, 0.15) is 23.0 Å². The molecule has 0 amide bonds. The summed E-state index contributed by atoms with van der Waals surface area (Å²) in [6.07, 6.45) is 5.84. The van der Waals surface area contributed by atoms with Crippen LogP contribution in [0.25, 0.3) is 53.6 Å². The SMILES string of the molecule is C=C/C=C\C1=C(C)C2(c3cc(N(c4cccc(-c5cccc6sc7ccccc7c56)c4)c4ccc5c(c4)C4(c6ccccc6O5)c5ccccc5-c5ccccc54)ccc3O1)c1ccccc1-c1ccccc12. The van der Waals surface area contributed by atoms with Crippen LogP contribution in [0.5, 0.6) is 17.2 Å². The average Bonchev–Trinajstić information content (AvgIpc) is 4.08. The van der Waals surface area contributed by atoms with Crippen molar-refractivity contribution in [2.75, 3.05) is 4.90 Å². The first-order chi connectivity index (χ1) is 36.1. The van der Waals surface area contributed by atoms with E-state index < -0.39 is 10.8 Å². The molecule has 0 fully saturated rings. The highest BCUT2D eigenvalue weighted by Gasteiger charge is 2.53. The van der Waals surface area contributed by atoms with Crippen LogP contribution in [0.3, 0.4) is 0 Å². The Morgan fingerprint density at radius 1 is 0.425 bits per heavy atom. The molecule has 0 bridgehead atoms. The number of hydrogen-bond acceptors (Lipinski definition) is 4. The van der Waals surface area contributed by atoms with Gasteiger partial charge in [-0.05, 0) is 141 Å². The predicted octanol–water partition coefficient (Wildman–Crippen LogP) is 18.4. The molecule has 0 unspecified atom stereocenters. The van der Waals surface area contributed by atoms with Crippen molar-refractivity contribution in [3.8, 4) is 50.6 Å². The Kier molecular flexibility index (Phi) is 9.03. The molecule has 0 N–H and O–H groups in total. The fraction of sp³-hybridized carbons (Fsp3) is 0.0435. The summed E-state index contributed by atoms with van der Waals surface area (Å²) in [7, 11) is 0. The van der Waals surface area contributed by atoms with Gasteiger partial charge in [0, 0.05) is 53.9 Å². The van der Waals surface area contributed by atoms with Gasteiger partial charge in [-0.2, -0.15) is 0 Å². The Bertz CT molecular complexity index is 4140. The van der Waals surface area contributed by atoms with Crippen LogP contribution in [0.1, 0.15) is 45.9 Å². The number of anilines is 3. The van der Waals surface area contributed by atoms with Crippen LogP contribution >= 0.6 is 11.3 Å². The molecule has 15 rings (SSSR count). The van der Waals surface area contributed by atoms with Crippen LogP contribution in [0, 0.1) is 0 Å². The molecule has 2 aliphatic heterocycles. The Balaban J connectivity index is 1.01. The number of nitrogens with zero attached hydrogens (tertiary/aromatic N) is 1. The second-order valence-electron chi connectivity index (χ2n) is 19.5. The van der Waals surface area contributed by atoms with Gasteiger partial charge in [-0.3, -0.25) is 0 Å². The van der Waals surface area contributed by atoms with E-state index in [1.165, 1.54) is 70.2 Å². The third-order valence-electron chi connectivity index (χ3n) is 16.0. The van der Waals surface area contributed by atoms with Crippen molar-refractivity contribution in [2.45, 2.75) is 17.8 Å². The molecule has 3 nitrogen and oxygen atoms in total. The van der Waals surface area contributed by atoms with Crippen LogP contribution < -0.4 is 14.4 Å². The number of hydrogen-bond donors (Lipinski definition) is 0. The Morgan fingerprint density at radius 3 is 1.58 bits per heavy atom. The molecule has 73 heavy (non-hydrogen) atoms. The first-order valence-electron chi connectivity index (χ1n) is 25.0. The van der Waals surface area contributed by atoms with Crippen molar-refractivity contribution < 1.29 is 9.47 Å². The van der Waals surface area contributed by atoms with Crippen molar-refractivity contribution in [1.82, 2.24) is 0 Å². The quantitative estimate of drug-likeness (QED) is 0.155. The molecular formula is C69H45NO2S. The number of rotatable bonds is 6. The summed E-state index contributed by atoms with van der Waals surface area (Å²) in [5.41, 5.74) is 18.6. The van der Waals surface area contributed by atoms with Gasteiger partial charge in [0.05, 0.1) is 10.8 Å². The van der Waals surface area contributed by atoms with Gasteiger partial charge in [0.25, 0.3) is 0 Å². The van der Waals surface area contributed by atoms with Gasteiger partial charge < -0.3 is 14.4 Å². The van der Waals surface area contributed by atoms with E-state index in [4.69, 9.17) is 9.47 Å². The monoisotopic (exact) mass is 951 g/mol. The maximum atomic E-state index is 7.00. The summed E-state index contributed by atoms with van der Waals surface area (Å²) in [4.78, 5) is 2.45. The van der Waals surface area contributed by atoms with Gasteiger partial charge in [0.2, 0.25) is 0 Å². The van der Waals surface area contributed by atoms with E-state index in [1.807, 2.05) is 23.5 Å². The van der Waals surface area contributed by atoms with Gasteiger partial charge >= 0.3 is 0 Å². The average molecular weight is 952 g/mol. The van der Waals surface area contributed by atoms with E-state index in [0.717, 1.165) is 67.9 Å².